The quantitative estimate of drug-likeness (QED) is 0.760. The molecule has 18 heavy (non-hydrogen) atoms. The molecule has 0 bridgehead atoms. The van der Waals surface area contributed by atoms with Gasteiger partial charge in [-0.1, -0.05) is 0 Å². The Bertz CT molecular complexity index is 378. The number of ether oxygens (including phenoxy) is 1. The molecule has 98 valence electrons. The number of urea groups is 1. The fourth-order valence-electron chi connectivity index (χ4n) is 1.81. The number of anilines is 1. The molecule has 2 rings (SSSR count). The summed E-state index contributed by atoms with van der Waals surface area (Å²) >= 11 is 0. The molecule has 1 aromatic rings. The molecule has 1 fully saturated rings. The predicted octanol–water partition coefficient (Wildman–Crippen LogP) is -0.0879. The van der Waals surface area contributed by atoms with Crippen molar-refractivity contribution < 1.29 is 9.53 Å². The molecule has 0 aliphatic carbocycles. The van der Waals surface area contributed by atoms with Gasteiger partial charge in [-0.25, -0.2) is 14.8 Å². The third kappa shape index (κ3) is 3.07. The lowest BCUT2D eigenvalue weighted by Crippen LogP contribution is -2.52. The van der Waals surface area contributed by atoms with Crippen LogP contribution in [0, 0.1) is 0 Å². The zero-order chi connectivity index (χ0) is 12.8. The molecule has 1 aliphatic rings. The number of carbonyl (C=O) groups is 1. The number of nitrogens with one attached hydrogen (secondary N) is 1. The van der Waals surface area contributed by atoms with Crippen LogP contribution in [0.2, 0.25) is 0 Å². The van der Waals surface area contributed by atoms with E-state index in [0.29, 0.717) is 13.1 Å². The van der Waals surface area contributed by atoms with Crippen LogP contribution in [0.15, 0.2) is 18.5 Å². The monoisotopic (exact) mass is 251 g/mol. The first kappa shape index (κ1) is 12.6. The zero-order valence-electron chi connectivity index (χ0n) is 10.4. The molecule has 1 aromatic heterocycles. The van der Waals surface area contributed by atoms with Crippen molar-refractivity contribution in [2.75, 3.05) is 44.9 Å². The standard InChI is InChI=1S/C11H17N5O2/c1-18-9-14-11(17)16-7-5-15(6-8-16)10-12-3-2-4-13-10/h2-4H,5-9H2,1H3,(H,14,17). The highest BCUT2D eigenvalue weighted by molar-refractivity contribution is 5.74. The number of hydrogen-bond donors (Lipinski definition) is 1. The van der Waals surface area contributed by atoms with E-state index < -0.39 is 0 Å². The van der Waals surface area contributed by atoms with Crippen LogP contribution >= 0.6 is 0 Å². The summed E-state index contributed by atoms with van der Waals surface area (Å²) in [6, 6.07) is 1.70. The Morgan fingerprint density at radius 3 is 2.61 bits per heavy atom. The van der Waals surface area contributed by atoms with Crippen LogP contribution in [0.1, 0.15) is 0 Å². The van der Waals surface area contributed by atoms with E-state index in [1.807, 2.05) is 0 Å². The van der Waals surface area contributed by atoms with Crippen LogP contribution in [0.3, 0.4) is 0 Å². The first-order valence-corrected chi connectivity index (χ1v) is 5.85. The molecule has 1 aliphatic heterocycles. The van der Waals surface area contributed by atoms with Crippen LogP contribution in [-0.4, -0.2) is 60.9 Å². The summed E-state index contributed by atoms with van der Waals surface area (Å²) in [5.74, 6) is 0.717. The molecule has 7 nitrogen and oxygen atoms in total. The highest BCUT2D eigenvalue weighted by Crippen LogP contribution is 2.09. The summed E-state index contributed by atoms with van der Waals surface area (Å²) in [6.07, 6.45) is 3.44. The fourth-order valence-corrected chi connectivity index (χ4v) is 1.81. The molecule has 0 spiro atoms. The van der Waals surface area contributed by atoms with Gasteiger partial charge >= 0.3 is 6.03 Å². The van der Waals surface area contributed by atoms with E-state index in [2.05, 4.69) is 20.2 Å². The topological polar surface area (TPSA) is 70.6 Å². The van der Waals surface area contributed by atoms with Crippen LogP contribution < -0.4 is 10.2 Å². The molecule has 0 unspecified atom stereocenters. The lowest BCUT2D eigenvalue weighted by atomic mass is 10.3. The number of amides is 2. The van der Waals surface area contributed by atoms with E-state index in [9.17, 15) is 4.79 Å². The maximum atomic E-state index is 11.7. The summed E-state index contributed by atoms with van der Waals surface area (Å²) in [4.78, 5) is 23.9. The van der Waals surface area contributed by atoms with Gasteiger partial charge in [-0.05, 0) is 6.07 Å². The van der Waals surface area contributed by atoms with Crippen molar-refractivity contribution in [2.45, 2.75) is 0 Å². The van der Waals surface area contributed by atoms with E-state index >= 15 is 0 Å². The van der Waals surface area contributed by atoms with Gasteiger partial charge in [-0.3, -0.25) is 0 Å². The van der Waals surface area contributed by atoms with Crippen molar-refractivity contribution in [3.8, 4) is 0 Å². The van der Waals surface area contributed by atoms with Crippen molar-refractivity contribution in [2.24, 2.45) is 0 Å². The summed E-state index contributed by atoms with van der Waals surface area (Å²) in [7, 11) is 1.55. The minimum Gasteiger partial charge on any atom is -0.364 e. The highest BCUT2D eigenvalue weighted by Gasteiger charge is 2.21. The minimum absolute atomic E-state index is 0.0921. The molecule has 0 atom stereocenters. The molecular weight excluding hydrogens is 234 g/mol. The molecule has 0 radical (unpaired) electrons. The second kappa shape index (κ2) is 6.15. The van der Waals surface area contributed by atoms with Crippen molar-refractivity contribution in [1.82, 2.24) is 20.2 Å². The summed E-state index contributed by atoms with van der Waals surface area (Å²) in [6.45, 7) is 3.04. The first-order chi connectivity index (χ1) is 8.81. The third-order valence-corrected chi connectivity index (χ3v) is 2.77. The second-order valence-electron chi connectivity index (χ2n) is 3.94. The minimum atomic E-state index is -0.0921. The van der Waals surface area contributed by atoms with Crippen molar-refractivity contribution in [3.05, 3.63) is 18.5 Å². The van der Waals surface area contributed by atoms with Gasteiger partial charge < -0.3 is 19.9 Å². The Balaban J connectivity index is 1.83. The third-order valence-electron chi connectivity index (χ3n) is 2.77. The Hall–Kier alpha value is -1.89. The molecule has 2 amide bonds. The average Bonchev–Trinajstić information content (AvgIpc) is 2.46. The lowest BCUT2D eigenvalue weighted by Gasteiger charge is -2.34. The van der Waals surface area contributed by atoms with Gasteiger partial charge in [0, 0.05) is 45.7 Å². The van der Waals surface area contributed by atoms with E-state index in [4.69, 9.17) is 4.74 Å². The number of rotatable bonds is 3. The molecular formula is C11H17N5O2. The van der Waals surface area contributed by atoms with E-state index in [0.717, 1.165) is 19.0 Å². The Labute approximate surface area is 106 Å². The van der Waals surface area contributed by atoms with E-state index in [1.54, 1.807) is 30.5 Å². The number of piperazine rings is 1. The van der Waals surface area contributed by atoms with Crippen molar-refractivity contribution in [3.63, 3.8) is 0 Å². The second-order valence-corrected chi connectivity index (χ2v) is 3.94. The normalized spacial score (nSPS) is 15.6. The largest absolute Gasteiger partial charge is 0.364 e. The van der Waals surface area contributed by atoms with Gasteiger partial charge in [0.2, 0.25) is 5.95 Å². The lowest BCUT2D eigenvalue weighted by molar-refractivity contribution is 0.152. The number of hydrogen-bond acceptors (Lipinski definition) is 5. The predicted molar refractivity (Wildman–Crippen MR) is 66.2 cm³/mol. The zero-order valence-corrected chi connectivity index (χ0v) is 10.4. The first-order valence-electron chi connectivity index (χ1n) is 5.85. The van der Waals surface area contributed by atoms with Crippen molar-refractivity contribution >= 4 is 12.0 Å². The van der Waals surface area contributed by atoms with Crippen LogP contribution in [-0.2, 0) is 4.74 Å². The Morgan fingerprint density at radius 2 is 2.00 bits per heavy atom. The highest BCUT2D eigenvalue weighted by atomic mass is 16.5. The summed E-state index contributed by atoms with van der Waals surface area (Å²) in [5, 5.41) is 2.67. The van der Waals surface area contributed by atoms with Crippen LogP contribution in [0.5, 0.6) is 0 Å². The average molecular weight is 251 g/mol. The molecule has 0 saturated carbocycles. The van der Waals surface area contributed by atoms with Gasteiger partial charge in [-0.2, -0.15) is 0 Å². The number of aromatic nitrogens is 2. The van der Waals surface area contributed by atoms with Gasteiger partial charge in [0.1, 0.15) is 6.73 Å². The smallest absolute Gasteiger partial charge is 0.319 e. The van der Waals surface area contributed by atoms with Crippen molar-refractivity contribution in [1.29, 1.82) is 0 Å². The van der Waals surface area contributed by atoms with E-state index in [1.165, 1.54) is 0 Å². The number of carbonyl (C=O) groups excluding carboxylic acids is 1. The molecule has 2 heterocycles. The number of nitrogens with zero attached hydrogens (tertiary/aromatic N) is 4. The number of methoxy groups -OCH3 is 1. The summed E-state index contributed by atoms with van der Waals surface area (Å²) < 4.78 is 4.80. The van der Waals surface area contributed by atoms with Crippen LogP contribution in [0.4, 0.5) is 10.7 Å². The van der Waals surface area contributed by atoms with Gasteiger partial charge in [0.25, 0.3) is 0 Å². The fraction of sp³-hybridized carbons (Fsp3) is 0.545. The van der Waals surface area contributed by atoms with Gasteiger partial charge in [0.05, 0.1) is 0 Å². The Kier molecular flexibility index (Phi) is 4.30. The van der Waals surface area contributed by atoms with Gasteiger partial charge in [0.15, 0.2) is 0 Å². The van der Waals surface area contributed by atoms with E-state index in [-0.39, 0.29) is 12.8 Å². The molecule has 1 saturated heterocycles. The summed E-state index contributed by atoms with van der Waals surface area (Å²) in [5.41, 5.74) is 0. The van der Waals surface area contributed by atoms with Gasteiger partial charge in [-0.15, -0.1) is 0 Å². The maximum absolute atomic E-state index is 11.7. The van der Waals surface area contributed by atoms with Crippen LogP contribution in [0.25, 0.3) is 0 Å². The molecule has 7 heteroatoms. The molecule has 1 N–H and O–H groups in total. The molecule has 0 aromatic carbocycles. The SMILES string of the molecule is COCNC(=O)N1CCN(c2ncccn2)CC1. The Morgan fingerprint density at radius 1 is 1.33 bits per heavy atom. The maximum Gasteiger partial charge on any atom is 0.319 e.